The Hall–Kier alpha value is -1.31. The third-order valence-electron chi connectivity index (χ3n) is 3.57. The predicted octanol–water partition coefficient (Wildman–Crippen LogP) is 1.17. The number of nitrogens with zero attached hydrogens (tertiary/aromatic N) is 2. The summed E-state index contributed by atoms with van der Waals surface area (Å²) in [7, 11) is -3.17. The molecule has 1 fully saturated rings. The summed E-state index contributed by atoms with van der Waals surface area (Å²) in [5.41, 5.74) is 1.06. The molecule has 2 amide bonds. The van der Waals surface area contributed by atoms with E-state index in [0.29, 0.717) is 44.2 Å². The smallest absolute Gasteiger partial charge is 0.317 e. The number of carbonyl (C=O) groups is 1. The van der Waals surface area contributed by atoms with E-state index >= 15 is 0 Å². The number of hydrogen-bond donors (Lipinski definition) is 1. The Morgan fingerprint density at radius 3 is 2.55 bits per heavy atom. The first-order chi connectivity index (χ1) is 10.4. The molecule has 0 atom stereocenters. The van der Waals surface area contributed by atoms with Crippen molar-refractivity contribution >= 4 is 27.7 Å². The van der Waals surface area contributed by atoms with Gasteiger partial charge in [0.05, 0.1) is 6.26 Å². The van der Waals surface area contributed by atoms with Crippen LogP contribution < -0.4 is 5.32 Å². The molecule has 1 N–H and O–H groups in total. The van der Waals surface area contributed by atoms with Gasteiger partial charge in [0.25, 0.3) is 0 Å². The molecule has 0 aromatic heterocycles. The van der Waals surface area contributed by atoms with Crippen molar-refractivity contribution in [1.82, 2.24) is 14.5 Å². The van der Waals surface area contributed by atoms with Crippen molar-refractivity contribution < 1.29 is 13.2 Å². The van der Waals surface area contributed by atoms with E-state index in [9.17, 15) is 13.2 Å². The number of amides is 2. The lowest BCUT2D eigenvalue weighted by Gasteiger charge is -2.33. The Kier molecular flexibility index (Phi) is 5.66. The van der Waals surface area contributed by atoms with Gasteiger partial charge in [0, 0.05) is 37.7 Å². The summed E-state index contributed by atoms with van der Waals surface area (Å²) < 4.78 is 24.2. The zero-order chi connectivity index (χ0) is 16.2. The fraction of sp³-hybridized carbons (Fsp3) is 0.500. The lowest BCUT2D eigenvalue weighted by Crippen LogP contribution is -2.53. The van der Waals surface area contributed by atoms with E-state index in [-0.39, 0.29) is 6.03 Å². The first kappa shape index (κ1) is 17.1. The van der Waals surface area contributed by atoms with Crippen LogP contribution in [0.3, 0.4) is 0 Å². The maximum Gasteiger partial charge on any atom is 0.317 e. The lowest BCUT2D eigenvalue weighted by molar-refractivity contribution is 0.172. The summed E-state index contributed by atoms with van der Waals surface area (Å²) in [6.45, 7) is 2.04. The fourth-order valence-electron chi connectivity index (χ4n) is 2.34. The summed E-state index contributed by atoms with van der Waals surface area (Å²) in [5, 5.41) is 3.53. The second-order valence-corrected chi connectivity index (χ2v) is 7.68. The molecule has 8 heteroatoms. The molecule has 6 nitrogen and oxygen atoms in total. The molecule has 1 aliphatic heterocycles. The average Bonchev–Trinajstić information content (AvgIpc) is 2.46. The molecule has 1 aromatic rings. The molecule has 22 heavy (non-hydrogen) atoms. The van der Waals surface area contributed by atoms with Crippen molar-refractivity contribution in [3.8, 4) is 0 Å². The van der Waals surface area contributed by atoms with Crippen molar-refractivity contribution in [3.63, 3.8) is 0 Å². The highest BCUT2D eigenvalue weighted by Gasteiger charge is 2.25. The summed E-state index contributed by atoms with van der Waals surface area (Å²) in [5.74, 6) is 0. The highest BCUT2D eigenvalue weighted by Crippen LogP contribution is 2.11. The van der Waals surface area contributed by atoms with E-state index in [1.807, 2.05) is 24.3 Å². The van der Waals surface area contributed by atoms with E-state index in [1.165, 1.54) is 10.6 Å². The maximum absolute atomic E-state index is 12.0. The molecular formula is C14H20ClN3O3S. The number of urea groups is 1. The molecule has 0 unspecified atom stereocenters. The number of carbonyl (C=O) groups excluding carboxylic acids is 1. The second-order valence-electron chi connectivity index (χ2n) is 5.26. The summed E-state index contributed by atoms with van der Waals surface area (Å²) in [4.78, 5) is 13.7. The van der Waals surface area contributed by atoms with Gasteiger partial charge in [-0.05, 0) is 24.1 Å². The third kappa shape index (κ3) is 4.86. The van der Waals surface area contributed by atoms with Gasteiger partial charge >= 0.3 is 6.03 Å². The van der Waals surface area contributed by atoms with Crippen LogP contribution in [0.15, 0.2) is 24.3 Å². The molecule has 1 saturated heterocycles. The minimum Gasteiger partial charge on any atom is -0.338 e. The minimum absolute atomic E-state index is 0.157. The number of nitrogens with one attached hydrogen (secondary N) is 1. The average molecular weight is 346 g/mol. The van der Waals surface area contributed by atoms with Crippen LogP contribution in [0.4, 0.5) is 4.79 Å². The minimum atomic E-state index is -3.17. The number of piperazine rings is 1. The van der Waals surface area contributed by atoms with Gasteiger partial charge in [-0.1, -0.05) is 23.7 Å². The normalized spacial score (nSPS) is 16.5. The molecule has 0 bridgehead atoms. The van der Waals surface area contributed by atoms with E-state index < -0.39 is 10.0 Å². The number of hydrogen-bond acceptors (Lipinski definition) is 3. The van der Waals surface area contributed by atoms with Crippen LogP contribution in [0.25, 0.3) is 0 Å². The molecule has 1 aromatic carbocycles. The van der Waals surface area contributed by atoms with Crippen LogP contribution in [0, 0.1) is 0 Å². The topological polar surface area (TPSA) is 69.7 Å². The van der Waals surface area contributed by atoms with Crippen molar-refractivity contribution in [2.24, 2.45) is 0 Å². The summed E-state index contributed by atoms with van der Waals surface area (Å²) >= 11 is 5.91. The zero-order valence-electron chi connectivity index (χ0n) is 12.5. The quantitative estimate of drug-likeness (QED) is 0.890. The Morgan fingerprint density at radius 1 is 1.27 bits per heavy atom. The largest absolute Gasteiger partial charge is 0.338 e. The molecule has 0 aliphatic carbocycles. The van der Waals surface area contributed by atoms with Gasteiger partial charge in [0.15, 0.2) is 0 Å². The first-order valence-electron chi connectivity index (χ1n) is 7.08. The van der Waals surface area contributed by atoms with Gasteiger partial charge in [0.1, 0.15) is 0 Å². The SMILES string of the molecule is CS(=O)(=O)N1CCN(C(=O)NCCc2cccc(Cl)c2)CC1. The molecule has 2 rings (SSSR count). The second kappa shape index (κ2) is 7.30. The highest BCUT2D eigenvalue weighted by molar-refractivity contribution is 7.88. The Labute approximate surface area is 136 Å². The van der Waals surface area contributed by atoms with Crippen LogP contribution in [0.5, 0.6) is 0 Å². The predicted molar refractivity (Wildman–Crippen MR) is 86.5 cm³/mol. The first-order valence-corrected chi connectivity index (χ1v) is 9.31. The van der Waals surface area contributed by atoms with Crippen LogP contribution >= 0.6 is 11.6 Å². The van der Waals surface area contributed by atoms with Crippen molar-refractivity contribution in [1.29, 1.82) is 0 Å². The number of halogens is 1. The monoisotopic (exact) mass is 345 g/mol. The van der Waals surface area contributed by atoms with Gasteiger partial charge < -0.3 is 10.2 Å². The standard InChI is InChI=1S/C14H20ClN3O3S/c1-22(20,21)18-9-7-17(8-10-18)14(19)16-6-5-12-3-2-4-13(15)11-12/h2-4,11H,5-10H2,1H3,(H,16,19). The molecular weight excluding hydrogens is 326 g/mol. The molecule has 1 aliphatic rings. The number of sulfonamides is 1. The zero-order valence-corrected chi connectivity index (χ0v) is 14.0. The Bertz CT molecular complexity index is 628. The molecule has 0 radical (unpaired) electrons. The van der Waals surface area contributed by atoms with Gasteiger partial charge in [-0.3, -0.25) is 0 Å². The highest BCUT2D eigenvalue weighted by atomic mass is 35.5. The van der Waals surface area contributed by atoms with Crippen LogP contribution in [-0.2, 0) is 16.4 Å². The van der Waals surface area contributed by atoms with Crippen LogP contribution in [-0.4, -0.2) is 62.6 Å². The van der Waals surface area contributed by atoms with E-state index in [1.54, 1.807) is 4.90 Å². The van der Waals surface area contributed by atoms with Crippen LogP contribution in [0.1, 0.15) is 5.56 Å². The van der Waals surface area contributed by atoms with E-state index in [0.717, 1.165) is 5.56 Å². The molecule has 122 valence electrons. The lowest BCUT2D eigenvalue weighted by atomic mass is 10.1. The van der Waals surface area contributed by atoms with Gasteiger partial charge in [-0.2, -0.15) is 4.31 Å². The molecule has 0 saturated carbocycles. The Morgan fingerprint density at radius 2 is 1.95 bits per heavy atom. The van der Waals surface area contributed by atoms with Crippen LogP contribution in [0.2, 0.25) is 5.02 Å². The molecule has 0 spiro atoms. The van der Waals surface area contributed by atoms with Gasteiger partial charge in [-0.15, -0.1) is 0 Å². The van der Waals surface area contributed by atoms with E-state index in [4.69, 9.17) is 11.6 Å². The third-order valence-corrected chi connectivity index (χ3v) is 5.11. The van der Waals surface area contributed by atoms with E-state index in [2.05, 4.69) is 5.32 Å². The number of benzene rings is 1. The summed E-state index contributed by atoms with van der Waals surface area (Å²) in [6.07, 6.45) is 1.89. The van der Waals surface area contributed by atoms with Crippen molar-refractivity contribution in [3.05, 3.63) is 34.9 Å². The summed E-state index contributed by atoms with van der Waals surface area (Å²) in [6, 6.07) is 7.37. The van der Waals surface area contributed by atoms with Gasteiger partial charge in [0.2, 0.25) is 10.0 Å². The fourth-order valence-corrected chi connectivity index (χ4v) is 3.38. The van der Waals surface area contributed by atoms with Crippen molar-refractivity contribution in [2.75, 3.05) is 39.0 Å². The Balaban J connectivity index is 1.75. The van der Waals surface area contributed by atoms with Crippen molar-refractivity contribution in [2.45, 2.75) is 6.42 Å². The molecule has 1 heterocycles. The number of rotatable bonds is 4. The maximum atomic E-state index is 12.0. The van der Waals surface area contributed by atoms with Gasteiger partial charge in [-0.25, -0.2) is 13.2 Å².